The van der Waals surface area contributed by atoms with Gasteiger partial charge in [0, 0.05) is 43.4 Å². The van der Waals surface area contributed by atoms with Crippen LogP contribution in [0.15, 0.2) is 73.1 Å². The molecule has 39 heavy (non-hydrogen) atoms. The molecule has 1 saturated carbocycles. The number of aromatic nitrogens is 3. The van der Waals surface area contributed by atoms with E-state index in [1.807, 2.05) is 18.2 Å². The van der Waals surface area contributed by atoms with E-state index >= 15 is 0 Å². The predicted octanol–water partition coefficient (Wildman–Crippen LogP) is 4.02. The van der Waals surface area contributed by atoms with Crippen molar-refractivity contribution < 1.29 is 14.7 Å². The molecule has 1 aliphatic carbocycles. The number of aliphatic hydroxyl groups is 1. The van der Waals surface area contributed by atoms with Crippen LogP contribution in [0.3, 0.4) is 0 Å². The normalized spacial score (nSPS) is 18.1. The number of hydrogen-bond donors (Lipinski definition) is 3. The molecule has 5 rings (SSSR count). The summed E-state index contributed by atoms with van der Waals surface area (Å²) in [6, 6.07) is 19.2. The van der Waals surface area contributed by atoms with E-state index in [0.29, 0.717) is 24.9 Å². The Balaban J connectivity index is 1.33. The van der Waals surface area contributed by atoms with Crippen LogP contribution in [0.25, 0.3) is 11.0 Å². The first-order valence-electron chi connectivity index (χ1n) is 13.7. The second-order valence-corrected chi connectivity index (χ2v) is 10.3. The number of aliphatic hydroxyl groups excluding tert-OH is 1. The maximum Gasteiger partial charge on any atom is 0.244 e. The van der Waals surface area contributed by atoms with Crippen molar-refractivity contribution in [2.75, 3.05) is 6.61 Å². The minimum atomic E-state index is -0.902. The molecule has 1 aliphatic rings. The largest absolute Gasteiger partial charge is 0.396 e. The molecule has 2 amide bonds. The molecule has 0 spiro atoms. The quantitative estimate of drug-likeness (QED) is 0.289. The number of pyridine rings is 1. The minimum absolute atomic E-state index is 0.0735. The van der Waals surface area contributed by atoms with Gasteiger partial charge in [-0.05, 0) is 54.5 Å². The first-order valence-corrected chi connectivity index (χ1v) is 13.7. The van der Waals surface area contributed by atoms with Crippen LogP contribution in [-0.4, -0.2) is 38.1 Å². The zero-order chi connectivity index (χ0) is 27.2. The number of para-hydroxylation sites is 2. The smallest absolute Gasteiger partial charge is 0.244 e. The highest BCUT2D eigenvalue weighted by molar-refractivity contribution is 5.89. The van der Waals surface area contributed by atoms with Crippen molar-refractivity contribution >= 4 is 22.8 Å². The summed E-state index contributed by atoms with van der Waals surface area (Å²) in [7, 11) is 0. The fourth-order valence-corrected chi connectivity index (χ4v) is 5.74. The molecule has 3 unspecified atom stereocenters. The molecule has 3 atom stereocenters. The Labute approximate surface area is 228 Å². The van der Waals surface area contributed by atoms with Crippen molar-refractivity contribution in [1.82, 2.24) is 19.9 Å². The number of nitrogens with two attached hydrogens (primary N) is 1. The zero-order valence-corrected chi connectivity index (χ0v) is 22.0. The van der Waals surface area contributed by atoms with Gasteiger partial charge >= 0.3 is 0 Å². The zero-order valence-electron chi connectivity index (χ0n) is 22.0. The molecule has 0 saturated heterocycles. The topological polar surface area (TPSA) is 123 Å². The van der Waals surface area contributed by atoms with Crippen molar-refractivity contribution in [3.63, 3.8) is 0 Å². The summed E-state index contributed by atoms with van der Waals surface area (Å²) in [5.41, 5.74) is 10.5. The first kappa shape index (κ1) is 26.6. The molecule has 2 aromatic heterocycles. The number of rotatable bonds is 10. The summed E-state index contributed by atoms with van der Waals surface area (Å²) >= 11 is 0. The van der Waals surface area contributed by atoms with Gasteiger partial charge in [0.15, 0.2) is 0 Å². The Kier molecular flexibility index (Phi) is 8.32. The molecule has 4 aromatic rings. The van der Waals surface area contributed by atoms with Gasteiger partial charge in [0.2, 0.25) is 11.8 Å². The van der Waals surface area contributed by atoms with Crippen LogP contribution in [0.1, 0.15) is 66.6 Å². The van der Waals surface area contributed by atoms with E-state index in [0.717, 1.165) is 53.7 Å². The SMILES string of the molecule is NC(=O)C(NC(=O)C1CCCCC1c1ccc(Cn2c(CCCO)nc3ccccc32)cc1)c1cccnc1. The summed E-state index contributed by atoms with van der Waals surface area (Å²) in [5.74, 6) is 0.0689. The van der Waals surface area contributed by atoms with Crippen LogP contribution in [0.5, 0.6) is 0 Å². The van der Waals surface area contributed by atoms with Gasteiger partial charge in [-0.15, -0.1) is 0 Å². The van der Waals surface area contributed by atoms with Gasteiger partial charge in [-0.25, -0.2) is 4.98 Å². The van der Waals surface area contributed by atoms with E-state index in [4.69, 9.17) is 10.7 Å². The number of nitrogens with one attached hydrogen (secondary N) is 1. The summed E-state index contributed by atoms with van der Waals surface area (Å²) in [6.45, 7) is 0.817. The van der Waals surface area contributed by atoms with E-state index in [2.05, 4.69) is 45.2 Å². The highest BCUT2D eigenvalue weighted by Crippen LogP contribution is 2.38. The molecule has 2 aromatic carbocycles. The van der Waals surface area contributed by atoms with Crippen LogP contribution in [-0.2, 0) is 22.6 Å². The number of imidazole rings is 1. The summed E-state index contributed by atoms with van der Waals surface area (Å²) in [5, 5.41) is 12.2. The second kappa shape index (κ2) is 12.2. The van der Waals surface area contributed by atoms with Gasteiger partial charge in [0.25, 0.3) is 0 Å². The number of hydrogen-bond acceptors (Lipinski definition) is 5. The number of amides is 2. The lowest BCUT2D eigenvalue weighted by Crippen LogP contribution is -2.42. The number of primary amides is 1. The maximum absolute atomic E-state index is 13.4. The minimum Gasteiger partial charge on any atom is -0.396 e. The fourth-order valence-electron chi connectivity index (χ4n) is 5.74. The van der Waals surface area contributed by atoms with Crippen LogP contribution < -0.4 is 11.1 Å². The van der Waals surface area contributed by atoms with Gasteiger partial charge in [-0.1, -0.05) is 55.3 Å². The molecule has 8 nitrogen and oxygen atoms in total. The lowest BCUT2D eigenvalue weighted by Gasteiger charge is -2.32. The monoisotopic (exact) mass is 525 g/mol. The molecule has 8 heteroatoms. The molecule has 202 valence electrons. The van der Waals surface area contributed by atoms with Gasteiger partial charge in [-0.3, -0.25) is 14.6 Å². The van der Waals surface area contributed by atoms with E-state index in [1.54, 1.807) is 24.5 Å². The summed E-state index contributed by atoms with van der Waals surface area (Å²) in [6.07, 6.45) is 8.30. The highest BCUT2D eigenvalue weighted by Gasteiger charge is 2.34. The second-order valence-electron chi connectivity index (χ2n) is 10.3. The van der Waals surface area contributed by atoms with Crippen molar-refractivity contribution in [2.24, 2.45) is 11.7 Å². The van der Waals surface area contributed by atoms with Crippen LogP contribution in [0, 0.1) is 5.92 Å². The van der Waals surface area contributed by atoms with E-state index < -0.39 is 11.9 Å². The number of fused-ring (bicyclic) bond motifs is 1. The van der Waals surface area contributed by atoms with Gasteiger partial charge in [-0.2, -0.15) is 0 Å². The lowest BCUT2D eigenvalue weighted by atomic mass is 9.74. The Hall–Kier alpha value is -4.04. The van der Waals surface area contributed by atoms with Crippen molar-refractivity contribution in [3.05, 3.63) is 95.6 Å². The van der Waals surface area contributed by atoms with Crippen LogP contribution >= 0.6 is 0 Å². The van der Waals surface area contributed by atoms with Gasteiger partial charge in [0.1, 0.15) is 11.9 Å². The molecular weight excluding hydrogens is 490 g/mol. The Morgan fingerprint density at radius 3 is 2.59 bits per heavy atom. The van der Waals surface area contributed by atoms with Crippen molar-refractivity contribution in [3.8, 4) is 0 Å². The Morgan fingerprint density at radius 1 is 1.05 bits per heavy atom. The summed E-state index contributed by atoms with van der Waals surface area (Å²) < 4.78 is 2.22. The van der Waals surface area contributed by atoms with Crippen LogP contribution in [0.4, 0.5) is 0 Å². The Bertz CT molecular complexity index is 1420. The molecular formula is C31H35N5O3. The fraction of sp³-hybridized carbons (Fsp3) is 0.355. The molecule has 0 radical (unpaired) electrons. The third-order valence-corrected chi connectivity index (χ3v) is 7.73. The van der Waals surface area contributed by atoms with Crippen molar-refractivity contribution in [1.29, 1.82) is 0 Å². The average Bonchev–Trinajstić information content (AvgIpc) is 3.32. The molecule has 4 N–H and O–H groups in total. The van der Waals surface area contributed by atoms with Crippen molar-refractivity contribution in [2.45, 2.75) is 57.0 Å². The standard InChI is InChI=1S/C31H35N5O3/c32-30(38)29(23-7-5-17-33-19-23)35-31(39)25-9-2-1-8-24(25)22-15-13-21(14-16-22)20-36-27-11-4-3-10-26(27)34-28(36)12-6-18-37/h3-5,7,10-11,13-17,19,24-25,29,37H,1-2,6,8-9,12,18,20H2,(H2,32,38)(H,35,39). The lowest BCUT2D eigenvalue weighted by molar-refractivity contribution is -0.131. The molecule has 2 heterocycles. The van der Waals surface area contributed by atoms with Crippen LogP contribution in [0.2, 0.25) is 0 Å². The third-order valence-electron chi connectivity index (χ3n) is 7.73. The number of carbonyl (C=O) groups is 2. The predicted molar refractivity (Wildman–Crippen MR) is 150 cm³/mol. The Morgan fingerprint density at radius 2 is 1.85 bits per heavy atom. The van der Waals surface area contributed by atoms with E-state index in [1.165, 1.54) is 0 Å². The summed E-state index contributed by atoms with van der Waals surface area (Å²) in [4.78, 5) is 34.5. The molecule has 0 bridgehead atoms. The van der Waals surface area contributed by atoms with E-state index in [9.17, 15) is 14.7 Å². The number of carbonyl (C=O) groups excluding carboxylic acids is 2. The van der Waals surface area contributed by atoms with E-state index in [-0.39, 0.29) is 24.3 Å². The first-order chi connectivity index (χ1) is 19.0. The molecule has 1 fully saturated rings. The maximum atomic E-state index is 13.4. The number of aryl methyl sites for hydroxylation is 1. The van der Waals surface area contributed by atoms with Gasteiger partial charge in [0.05, 0.1) is 11.0 Å². The highest BCUT2D eigenvalue weighted by atomic mass is 16.3. The molecule has 0 aliphatic heterocycles. The average molecular weight is 526 g/mol. The third kappa shape index (κ3) is 6.01. The number of benzene rings is 2. The van der Waals surface area contributed by atoms with Gasteiger partial charge < -0.3 is 20.7 Å². The number of nitrogens with zero attached hydrogens (tertiary/aromatic N) is 3.